The van der Waals surface area contributed by atoms with E-state index in [-0.39, 0.29) is 0 Å². The van der Waals surface area contributed by atoms with E-state index in [9.17, 15) is 0 Å². The van der Waals surface area contributed by atoms with Crippen molar-refractivity contribution in [2.45, 2.75) is 45.6 Å². The lowest BCUT2D eigenvalue weighted by atomic mass is 10.0. The fourth-order valence-electron chi connectivity index (χ4n) is 2.70. The van der Waals surface area contributed by atoms with Crippen LogP contribution in [0.2, 0.25) is 0 Å². The molecule has 0 saturated carbocycles. The van der Waals surface area contributed by atoms with E-state index in [1.807, 2.05) is 6.92 Å². The zero-order valence-corrected chi connectivity index (χ0v) is 13.3. The molecule has 0 atom stereocenters. The van der Waals surface area contributed by atoms with Crippen LogP contribution in [0.4, 0.5) is 11.6 Å². The summed E-state index contributed by atoms with van der Waals surface area (Å²) in [6.45, 7) is 8.31. The lowest BCUT2D eigenvalue weighted by molar-refractivity contribution is 0.249. The SMILES string of the molecule is Cc1c(N)nc(C(C)C)nc1N1CCC(N(C)C)CC1. The molecule has 5 nitrogen and oxygen atoms in total. The Morgan fingerprint density at radius 3 is 2.30 bits per heavy atom. The molecule has 0 aromatic carbocycles. The number of hydrogen-bond acceptors (Lipinski definition) is 5. The summed E-state index contributed by atoms with van der Waals surface area (Å²) in [5.41, 5.74) is 7.07. The first-order chi connectivity index (χ1) is 9.40. The van der Waals surface area contributed by atoms with Crippen molar-refractivity contribution in [2.24, 2.45) is 0 Å². The van der Waals surface area contributed by atoms with Gasteiger partial charge in [-0.2, -0.15) is 0 Å². The first kappa shape index (κ1) is 15.0. The average molecular weight is 277 g/mol. The van der Waals surface area contributed by atoms with E-state index in [1.165, 1.54) is 12.8 Å². The maximum absolute atomic E-state index is 6.06. The maximum Gasteiger partial charge on any atom is 0.137 e. The van der Waals surface area contributed by atoms with E-state index in [0.29, 0.717) is 17.8 Å². The summed E-state index contributed by atoms with van der Waals surface area (Å²) in [7, 11) is 4.32. The van der Waals surface area contributed by atoms with Crippen molar-refractivity contribution >= 4 is 11.6 Å². The monoisotopic (exact) mass is 277 g/mol. The van der Waals surface area contributed by atoms with Gasteiger partial charge in [0.05, 0.1) is 0 Å². The van der Waals surface area contributed by atoms with Gasteiger partial charge in [-0.15, -0.1) is 0 Å². The highest BCUT2D eigenvalue weighted by Gasteiger charge is 2.24. The average Bonchev–Trinajstić information content (AvgIpc) is 2.41. The lowest BCUT2D eigenvalue weighted by Gasteiger charge is -2.36. The molecule has 1 aliphatic heterocycles. The van der Waals surface area contributed by atoms with E-state index in [2.05, 4.69) is 42.7 Å². The van der Waals surface area contributed by atoms with Crippen molar-refractivity contribution < 1.29 is 0 Å². The molecule has 0 radical (unpaired) electrons. The predicted molar refractivity (Wildman–Crippen MR) is 84.2 cm³/mol. The van der Waals surface area contributed by atoms with Gasteiger partial charge >= 0.3 is 0 Å². The van der Waals surface area contributed by atoms with Crippen LogP contribution < -0.4 is 10.6 Å². The van der Waals surface area contributed by atoms with Crippen LogP contribution >= 0.6 is 0 Å². The van der Waals surface area contributed by atoms with Crippen LogP contribution in [0, 0.1) is 6.92 Å². The van der Waals surface area contributed by atoms with E-state index < -0.39 is 0 Å². The molecular weight excluding hydrogens is 250 g/mol. The van der Waals surface area contributed by atoms with Gasteiger partial charge in [0.1, 0.15) is 17.5 Å². The number of nitrogen functional groups attached to an aromatic ring is 1. The summed E-state index contributed by atoms with van der Waals surface area (Å²) in [6, 6.07) is 0.676. The molecule has 0 amide bonds. The van der Waals surface area contributed by atoms with Gasteiger partial charge in [-0.3, -0.25) is 0 Å². The summed E-state index contributed by atoms with van der Waals surface area (Å²) in [5.74, 6) is 2.79. The predicted octanol–water partition coefficient (Wildman–Crippen LogP) is 2.02. The molecule has 1 aromatic heterocycles. The summed E-state index contributed by atoms with van der Waals surface area (Å²) < 4.78 is 0. The normalized spacial score (nSPS) is 17.2. The van der Waals surface area contributed by atoms with Crippen LogP contribution in [0.15, 0.2) is 0 Å². The Hall–Kier alpha value is -1.36. The Bertz CT molecular complexity index is 462. The third-order valence-corrected chi connectivity index (χ3v) is 4.19. The van der Waals surface area contributed by atoms with Crippen molar-refractivity contribution in [1.29, 1.82) is 0 Å². The smallest absolute Gasteiger partial charge is 0.137 e. The molecule has 1 fully saturated rings. The van der Waals surface area contributed by atoms with E-state index in [4.69, 9.17) is 10.7 Å². The highest BCUT2D eigenvalue weighted by atomic mass is 15.2. The molecule has 1 aliphatic rings. The molecule has 1 aromatic rings. The molecule has 0 unspecified atom stereocenters. The Morgan fingerprint density at radius 2 is 1.80 bits per heavy atom. The van der Waals surface area contributed by atoms with Gasteiger partial charge in [0, 0.05) is 30.6 Å². The largest absolute Gasteiger partial charge is 0.383 e. The first-order valence-electron chi connectivity index (χ1n) is 7.45. The molecule has 112 valence electrons. The Balaban J connectivity index is 2.21. The number of nitrogens with two attached hydrogens (primary N) is 1. The van der Waals surface area contributed by atoms with Gasteiger partial charge in [-0.05, 0) is 33.9 Å². The summed E-state index contributed by atoms with van der Waals surface area (Å²) in [4.78, 5) is 13.8. The number of rotatable bonds is 3. The van der Waals surface area contributed by atoms with Crippen molar-refractivity contribution in [1.82, 2.24) is 14.9 Å². The fourth-order valence-corrected chi connectivity index (χ4v) is 2.70. The fraction of sp³-hybridized carbons (Fsp3) is 0.733. The summed E-state index contributed by atoms with van der Waals surface area (Å²) >= 11 is 0. The third kappa shape index (κ3) is 3.03. The number of nitrogens with zero attached hydrogens (tertiary/aromatic N) is 4. The Morgan fingerprint density at radius 1 is 1.20 bits per heavy atom. The highest BCUT2D eigenvalue weighted by molar-refractivity contribution is 5.56. The van der Waals surface area contributed by atoms with Crippen LogP contribution in [0.1, 0.15) is 44.0 Å². The third-order valence-electron chi connectivity index (χ3n) is 4.19. The van der Waals surface area contributed by atoms with Gasteiger partial charge in [0.2, 0.25) is 0 Å². The van der Waals surface area contributed by atoms with Gasteiger partial charge in [0.25, 0.3) is 0 Å². The van der Waals surface area contributed by atoms with Gasteiger partial charge < -0.3 is 15.5 Å². The molecule has 5 heteroatoms. The molecule has 0 spiro atoms. The molecule has 20 heavy (non-hydrogen) atoms. The van der Waals surface area contributed by atoms with Gasteiger partial charge in [-0.1, -0.05) is 13.8 Å². The number of aromatic nitrogens is 2. The molecule has 0 aliphatic carbocycles. The maximum atomic E-state index is 6.06. The van der Waals surface area contributed by atoms with Crippen LogP contribution in [0.3, 0.4) is 0 Å². The van der Waals surface area contributed by atoms with E-state index in [0.717, 1.165) is 30.3 Å². The molecule has 2 rings (SSSR count). The van der Waals surface area contributed by atoms with Crippen molar-refractivity contribution in [3.63, 3.8) is 0 Å². The molecule has 2 heterocycles. The van der Waals surface area contributed by atoms with Gasteiger partial charge in [0.15, 0.2) is 0 Å². The van der Waals surface area contributed by atoms with Crippen LogP contribution in [-0.2, 0) is 0 Å². The first-order valence-corrected chi connectivity index (χ1v) is 7.45. The highest BCUT2D eigenvalue weighted by Crippen LogP contribution is 2.27. The minimum absolute atomic E-state index is 0.302. The molecular formula is C15H27N5. The zero-order chi connectivity index (χ0) is 14.9. The molecule has 0 bridgehead atoms. The van der Waals surface area contributed by atoms with Crippen molar-refractivity contribution in [3.8, 4) is 0 Å². The van der Waals surface area contributed by atoms with Crippen LogP contribution in [0.5, 0.6) is 0 Å². The quantitative estimate of drug-likeness (QED) is 0.916. The zero-order valence-electron chi connectivity index (χ0n) is 13.3. The van der Waals surface area contributed by atoms with Crippen molar-refractivity contribution in [2.75, 3.05) is 37.8 Å². The second-order valence-electron chi connectivity index (χ2n) is 6.25. The van der Waals surface area contributed by atoms with Crippen LogP contribution in [0.25, 0.3) is 0 Å². The molecule has 2 N–H and O–H groups in total. The summed E-state index contributed by atoms with van der Waals surface area (Å²) in [5, 5.41) is 0. The van der Waals surface area contributed by atoms with E-state index in [1.54, 1.807) is 0 Å². The summed E-state index contributed by atoms with van der Waals surface area (Å²) in [6.07, 6.45) is 2.35. The minimum atomic E-state index is 0.302. The topological polar surface area (TPSA) is 58.3 Å². The Kier molecular flexibility index (Phi) is 4.48. The lowest BCUT2D eigenvalue weighted by Crippen LogP contribution is -2.42. The van der Waals surface area contributed by atoms with Gasteiger partial charge in [-0.25, -0.2) is 9.97 Å². The van der Waals surface area contributed by atoms with E-state index >= 15 is 0 Å². The van der Waals surface area contributed by atoms with Crippen molar-refractivity contribution in [3.05, 3.63) is 11.4 Å². The van der Waals surface area contributed by atoms with Crippen LogP contribution in [-0.4, -0.2) is 48.1 Å². The number of hydrogen-bond donors (Lipinski definition) is 1. The minimum Gasteiger partial charge on any atom is -0.383 e. The second kappa shape index (κ2) is 5.95. The number of anilines is 2. The number of piperidine rings is 1. The molecule has 1 saturated heterocycles. The Labute approximate surface area is 122 Å². The standard InChI is InChI=1S/C15H27N5/c1-10(2)14-17-13(16)11(3)15(18-14)20-8-6-12(7-9-20)19(4)5/h10,12H,6-9H2,1-5H3,(H2,16,17,18). The second-order valence-corrected chi connectivity index (χ2v) is 6.25.